The first-order valence-corrected chi connectivity index (χ1v) is 5.61. The Hall–Kier alpha value is -1.27. The molecule has 17 heavy (non-hydrogen) atoms. The summed E-state index contributed by atoms with van der Waals surface area (Å²) in [5.74, 6) is 0.736. The first-order chi connectivity index (χ1) is 7.87. The molecule has 0 spiro atoms. The molecule has 0 radical (unpaired) electrons. The van der Waals surface area contributed by atoms with E-state index in [0.717, 1.165) is 11.5 Å². The quantitative estimate of drug-likeness (QED) is 0.677. The number of aliphatic hydroxyl groups is 1. The van der Waals surface area contributed by atoms with E-state index in [9.17, 15) is 5.11 Å². The van der Waals surface area contributed by atoms with E-state index in [-0.39, 0.29) is 0 Å². The molecule has 0 fully saturated rings. The van der Waals surface area contributed by atoms with Crippen molar-refractivity contribution in [2.45, 2.75) is 25.9 Å². The number of anilines is 2. The van der Waals surface area contributed by atoms with E-state index in [1.54, 1.807) is 18.7 Å². The average molecular weight is 242 g/mol. The topological polar surface area (TPSA) is 85.3 Å². The molecule has 1 aromatic rings. The summed E-state index contributed by atoms with van der Waals surface area (Å²) in [4.78, 5) is 0. The maximum Gasteiger partial charge on any atom is 0.147 e. The van der Waals surface area contributed by atoms with Gasteiger partial charge in [0.1, 0.15) is 5.82 Å². The number of hydrogen-bond acceptors (Lipinski definition) is 5. The summed E-state index contributed by atoms with van der Waals surface area (Å²) in [5.41, 5.74) is 6.45. The van der Waals surface area contributed by atoms with Crippen LogP contribution in [0.4, 0.5) is 11.5 Å². The number of hydrogen-bond donors (Lipinski definition) is 3. The van der Waals surface area contributed by atoms with Gasteiger partial charge in [-0.25, -0.2) is 0 Å². The van der Waals surface area contributed by atoms with Crippen molar-refractivity contribution in [1.82, 2.24) is 9.78 Å². The highest BCUT2D eigenvalue weighted by Gasteiger charge is 2.21. The third kappa shape index (κ3) is 3.61. The molecule has 1 atom stereocenters. The molecule has 6 heteroatoms. The molecule has 6 nitrogen and oxygen atoms in total. The second kappa shape index (κ2) is 5.37. The monoisotopic (exact) mass is 242 g/mol. The van der Waals surface area contributed by atoms with Gasteiger partial charge in [0.15, 0.2) is 0 Å². The molecule has 0 aliphatic carbocycles. The van der Waals surface area contributed by atoms with E-state index < -0.39 is 5.60 Å². The highest BCUT2D eigenvalue weighted by molar-refractivity contribution is 5.64. The molecule has 0 aromatic carbocycles. The van der Waals surface area contributed by atoms with Crippen molar-refractivity contribution >= 4 is 11.5 Å². The zero-order valence-corrected chi connectivity index (χ0v) is 10.9. The van der Waals surface area contributed by atoms with Gasteiger partial charge >= 0.3 is 0 Å². The molecule has 0 aliphatic heterocycles. The first-order valence-electron chi connectivity index (χ1n) is 5.61. The lowest BCUT2D eigenvalue weighted by molar-refractivity contribution is 0.0356. The largest absolute Gasteiger partial charge is 0.394 e. The Morgan fingerprint density at radius 1 is 1.59 bits per heavy atom. The number of aryl methyl sites for hydroxylation is 2. The van der Waals surface area contributed by atoms with Gasteiger partial charge in [0.2, 0.25) is 0 Å². The number of methoxy groups -OCH3 is 1. The van der Waals surface area contributed by atoms with Gasteiger partial charge in [-0.2, -0.15) is 5.10 Å². The third-order valence-electron chi connectivity index (χ3n) is 2.75. The van der Waals surface area contributed by atoms with Crippen LogP contribution in [0, 0.1) is 6.92 Å². The number of nitrogens with two attached hydrogens (primary N) is 1. The van der Waals surface area contributed by atoms with Crippen molar-refractivity contribution < 1.29 is 9.84 Å². The summed E-state index contributed by atoms with van der Waals surface area (Å²) in [7, 11) is 3.43. The maximum absolute atomic E-state index is 10.1. The van der Waals surface area contributed by atoms with E-state index in [1.165, 1.54) is 0 Å². The van der Waals surface area contributed by atoms with E-state index >= 15 is 0 Å². The van der Waals surface area contributed by atoms with Crippen molar-refractivity contribution in [2.75, 3.05) is 31.3 Å². The number of rotatable bonds is 6. The molecule has 0 aliphatic rings. The molecule has 1 aromatic heterocycles. The minimum Gasteiger partial charge on any atom is -0.394 e. The Morgan fingerprint density at radius 3 is 2.71 bits per heavy atom. The molecule has 0 amide bonds. The van der Waals surface area contributed by atoms with E-state index in [2.05, 4.69) is 10.4 Å². The molecule has 1 rings (SSSR count). The summed E-state index contributed by atoms with van der Waals surface area (Å²) in [6, 6.07) is 0. The van der Waals surface area contributed by atoms with Crippen LogP contribution < -0.4 is 11.1 Å². The standard InChI is InChI=1S/C11H22N4O2/c1-8-9(12)10(15(3)14-8)13-7-11(2,16)5-6-17-4/h13,16H,5-7,12H2,1-4H3. The molecule has 4 N–H and O–H groups in total. The van der Waals surface area contributed by atoms with E-state index in [1.807, 2.05) is 14.0 Å². The molecule has 1 heterocycles. The van der Waals surface area contributed by atoms with Crippen molar-refractivity contribution in [3.8, 4) is 0 Å². The zero-order chi connectivity index (χ0) is 13.1. The average Bonchev–Trinajstić information content (AvgIpc) is 2.48. The summed E-state index contributed by atoms with van der Waals surface area (Å²) >= 11 is 0. The van der Waals surface area contributed by atoms with Gasteiger partial charge in [0.25, 0.3) is 0 Å². The second-order valence-electron chi connectivity index (χ2n) is 4.56. The molecule has 1 unspecified atom stereocenters. The normalized spacial score (nSPS) is 14.6. The predicted molar refractivity (Wildman–Crippen MR) is 68.0 cm³/mol. The molecule has 0 bridgehead atoms. The van der Waals surface area contributed by atoms with Crippen molar-refractivity contribution in [2.24, 2.45) is 7.05 Å². The van der Waals surface area contributed by atoms with Crippen molar-refractivity contribution in [3.05, 3.63) is 5.69 Å². The summed E-state index contributed by atoms with van der Waals surface area (Å²) in [6.45, 7) is 4.54. The van der Waals surface area contributed by atoms with Crippen LogP contribution >= 0.6 is 0 Å². The number of ether oxygens (including phenoxy) is 1. The fourth-order valence-corrected chi connectivity index (χ4v) is 1.57. The zero-order valence-electron chi connectivity index (χ0n) is 10.9. The number of nitrogens with one attached hydrogen (secondary N) is 1. The van der Waals surface area contributed by atoms with Gasteiger partial charge in [-0.1, -0.05) is 0 Å². The van der Waals surface area contributed by atoms with Gasteiger partial charge in [0, 0.05) is 33.7 Å². The van der Waals surface area contributed by atoms with Crippen LogP contribution in [0.5, 0.6) is 0 Å². The van der Waals surface area contributed by atoms with Crippen LogP contribution in [0.2, 0.25) is 0 Å². The van der Waals surface area contributed by atoms with Crippen LogP contribution in [0.1, 0.15) is 19.0 Å². The fraction of sp³-hybridized carbons (Fsp3) is 0.727. The SMILES string of the molecule is COCCC(C)(O)CNc1c(N)c(C)nn1C. The lowest BCUT2D eigenvalue weighted by Crippen LogP contribution is -2.35. The van der Waals surface area contributed by atoms with E-state index in [4.69, 9.17) is 10.5 Å². The van der Waals surface area contributed by atoms with Gasteiger partial charge in [-0.05, 0) is 13.8 Å². The van der Waals surface area contributed by atoms with Crippen LogP contribution in [0.25, 0.3) is 0 Å². The summed E-state index contributed by atoms with van der Waals surface area (Å²) in [5, 5.41) is 17.4. The van der Waals surface area contributed by atoms with Crippen LogP contribution in [-0.2, 0) is 11.8 Å². The van der Waals surface area contributed by atoms with Gasteiger partial charge in [-0.3, -0.25) is 4.68 Å². The Bertz CT molecular complexity index is 374. The Kier molecular flexibility index (Phi) is 4.36. The van der Waals surface area contributed by atoms with Crippen LogP contribution in [-0.4, -0.2) is 40.7 Å². The van der Waals surface area contributed by atoms with Crippen molar-refractivity contribution in [1.29, 1.82) is 0 Å². The smallest absolute Gasteiger partial charge is 0.147 e. The Labute approximate surface area is 102 Å². The lowest BCUT2D eigenvalue weighted by Gasteiger charge is -2.23. The van der Waals surface area contributed by atoms with Crippen LogP contribution in [0.3, 0.4) is 0 Å². The minimum atomic E-state index is -0.833. The molecule has 0 saturated heterocycles. The Morgan fingerprint density at radius 2 is 2.24 bits per heavy atom. The first kappa shape index (κ1) is 13.8. The van der Waals surface area contributed by atoms with E-state index in [0.29, 0.717) is 25.3 Å². The second-order valence-corrected chi connectivity index (χ2v) is 4.56. The summed E-state index contributed by atoms with van der Waals surface area (Å²) in [6.07, 6.45) is 0.563. The minimum absolute atomic E-state index is 0.402. The third-order valence-corrected chi connectivity index (χ3v) is 2.75. The number of nitrogens with zero attached hydrogens (tertiary/aromatic N) is 2. The Balaban J connectivity index is 2.60. The lowest BCUT2D eigenvalue weighted by atomic mass is 10.0. The summed E-state index contributed by atoms with van der Waals surface area (Å²) < 4.78 is 6.63. The fourth-order valence-electron chi connectivity index (χ4n) is 1.57. The highest BCUT2D eigenvalue weighted by Crippen LogP contribution is 2.22. The highest BCUT2D eigenvalue weighted by atomic mass is 16.5. The predicted octanol–water partition coefficient (Wildman–Crippen LogP) is 0.510. The van der Waals surface area contributed by atoms with Crippen LogP contribution in [0.15, 0.2) is 0 Å². The molecule has 0 saturated carbocycles. The maximum atomic E-state index is 10.1. The molecule has 98 valence electrons. The van der Waals surface area contributed by atoms with Gasteiger partial charge in [0.05, 0.1) is 17.0 Å². The van der Waals surface area contributed by atoms with Gasteiger partial charge < -0.3 is 20.9 Å². The van der Waals surface area contributed by atoms with Gasteiger partial charge in [-0.15, -0.1) is 0 Å². The molecular formula is C11H22N4O2. The van der Waals surface area contributed by atoms with Crippen molar-refractivity contribution in [3.63, 3.8) is 0 Å². The number of nitrogen functional groups attached to an aromatic ring is 1. The number of aromatic nitrogens is 2. The molecular weight excluding hydrogens is 220 g/mol.